The Hall–Kier alpha value is -1.33. The second-order valence-corrected chi connectivity index (χ2v) is 6.18. The highest BCUT2D eigenvalue weighted by Crippen LogP contribution is 2.29. The zero-order valence-electron chi connectivity index (χ0n) is 12.6. The fourth-order valence-electron chi connectivity index (χ4n) is 2.67. The summed E-state index contributed by atoms with van der Waals surface area (Å²) in [7, 11) is 0. The molecule has 0 unspecified atom stereocenters. The Morgan fingerprint density at radius 2 is 2.19 bits per heavy atom. The predicted molar refractivity (Wildman–Crippen MR) is 89.7 cm³/mol. The van der Waals surface area contributed by atoms with Crippen molar-refractivity contribution < 1.29 is 4.92 Å². The van der Waals surface area contributed by atoms with Crippen molar-refractivity contribution in [3.05, 3.63) is 45.5 Å². The fraction of sp³-hybridized carbons (Fsp3) is 0.500. The molecular formula is C16H22N2O2S. The van der Waals surface area contributed by atoms with Gasteiger partial charge in [-0.15, -0.1) is 0 Å². The van der Waals surface area contributed by atoms with Crippen LogP contribution in [-0.4, -0.2) is 28.8 Å². The van der Waals surface area contributed by atoms with Crippen LogP contribution < -0.4 is 0 Å². The van der Waals surface area contributed by atoms with Crippen LogP contribution in [0.25, 0.3) is 5.57 Å². The van der Waals surface area contributed by atoms with E-state index >= 15 is 0 Å². The first-order valence-electron chi connectivity index (χ1n) is 7.31. The van der Waals surface area contributed by atoms with Gasteiger partial charge in [0.15, 0.2) is 0 Å². The number of hydrogen-bond donors (Lipinski definition) is 1. The third-order valence-electron chi connectivity index (χ3n) is 3.77. The Bertz CT molecular complexity index is 555. The van der Waals surface area contributed by atoms with Gasteiger partial charge in [0.2, 0.25) is 0 Å². The molecule has 0 fully saturated rings. The van der Waals surface area contributed by atoms with Crippen molar-refractivity contribution in [2.24, 2.45) is 5.92 Å². The van der Waals surface area contributed by atoms with Gasteiger partial charge in [-0.2, -0.15) is 12.6 Å². The van der Waals surface area contributed by atoms with Crippen molar-refractivity contribution in [2.75, 3.05) is 19.0 Å². The summed E-state index contributed by atoms with van der Waals surface area (Å²) in [5, 5.41) is 11.1. The molecule has 0 N–H and O–H groups in total. The largest absolute Gasteiger partial charge is 0.290 e. The van der Waals surface area contributed by atoms with Crippen LogP contribution in [0.3, 0.4) is 0 Å². The SMILES string of the molecule is CC(C)Cc1cc(C2=CCN(CS)CC2)ccc1[N+](=O)[O-]. The predicted octanol–water partition coefficient (Wildman–Crippen LogP) is 3.77. The van der Waals surface area contributed by atoms with Crippen molar-refractivity contribution in [3.63, 3.8) is 0 Å². The van der Waals surface area contributed by atoms with E-state index in [0.29, 0.717) is 5.92 Å². The van der Waals surface area contributed by atoms with Gasteiger partial charge >= 0.3 is 0 Å². The molecule has 0 aromatic heterocycles. The molecule has 1 aromatic rings. The molecule has 1 heterocycles. The number of nitro groups is 1. The first-order valence-corrected chi connectivity index (χ1v) is 7.94. The van der Waals surface area contributed by atoms with E-state index < -0.39 is 0 Å². The molecule has 1 aromatic carbocycles. The van der Waals surface area contributed by atoms with Gasteiger partial charge in [0, 0.05) is 30.6 Å². The highest BCUT2D eigenvalue weighted by atomic mass is 32.1. The maximum absolute atomic E-state index is 11.1. The molecule has 0 aliphatic carbocycles. The van der Waals surface area contributed by atoms with Gasteiger partial charge in [-0.25, -0.2) is 0 Å². The van der Waals surface area contributed by atoms with Crippen LogP contribution in [0.15, 0.2) is 24.3 Å². The van der Waals surface area contributed by atoms with Crippen LogP contribution in [0.2, 0.25) is 0 Å². The van der Waals surface area contributed by atoms with Crippen LogP contribution in [0, 0.1) is 16.0 Å². The summed E-state index contributed by atoms with van der Waals surface area (Å²) < 4.78 is 0. The van der Waals surface area contributed by atoms with E-state index in [2.05, 4.69) is 37.5 Å². The lowest BCUT2D eigenvalue weighted by Gasteiger charge is -2.24. The van der Waals surface area contributed by atoms with E-state index in [4.69, 9.17) is 0 Å². The molecule has 2 rings (SSSR count). The minimum Gasteiger partial charge on any atom is -0.290 e. The van der Waals surface area contributed by atoms with Crippen LogP contribution in [0.1, 0.15) is 31.4 Å². The second-order valence-electron chi connectivity index (χ2n) is 5.90. The Kier molecular flexibility index (Phi) is 5.42. The Morgan fingerprint density at radius 1 is 1.43 bits per heavy atom. The summed E-state index contributed by atoms with van der Waals surface area (Å²) in [6.45, 7) is 6.06. The third-order valence-corrected chi connectivity index (χ3v) is 4.17. The molecule has 0 amide bonds. The highest BCUT2D eigenvalue weighted by Gasteiger charge is 2.18. The lowest BCUT2D eigenvalue weighted by atomic mass is 9.94. The molecule has 0 atom stereocenters. The second kappa shape index (κ2) is 7.09. The Morgan fingerprint density at radius 3 is 2.71 bits per heavy atom. The molecule has 114 valence electrons. The van der Waals surface area contributed by atoms with Gasteiger partial charge in [-0.1, -0.05) is 19.9 Å². The Labute approximate surface area is 131 Å². The van der Waals surface area contributed by atoms with Gasteiger partial charge in [-0.3, -0.25) is 15.0 Å². The molecular weight excluding hydrogens is 284 g/mol. The maximum atomic E-state index is 11.1. The standard InChI is InChI=1S/C16H22N2O2S/c1-12(2)9-15-10-14(3-4-16(15)18(19)20)13-5-7-17(11-21)8-6-13/h3-5,10,12,21H,6-9,11H2,1-2H3. The normalized spacial score (nSPS) is 16.1. The number of rotatable bonds is 5. The zero-order chi connectivity index (χ0) is 15.4. The minimum absolute atomic E-state index is 0.237. The molecule has 5 heteroatoms. The summed E-state index contributed by atoms with van der Waals surface area (Å²) in [6.07, 6.45) is 3.92. The fourth-order valence-corrected chi connectivity index (χ4v) is 2.93. The van der Waals surface area contributed by atoms with Gasteiger partial charge in [0.25, 0.3) is 5.69 Å². The average Bonchev–Trinajstić information content (AvgIpc) is 2.46. The summed E-state index contributed by atoms with van der Waals surface area (Å²) in [4.78, 5) is 13.1. The quantitative estimate of drug-likeness (QED) is 0.512. The van der Waals surface area contributed by atoms with Gasteiger partial charge in [0.1, 0.15) is 0 Å². The van der Waals surface area contributed by atoms with Crippen LogP contribution in [0.4, 0.5) is 5.69 Å². The lowest BCUT2D eigenvalue weighted by molar-refractivity contribution is -0.385. The van der Waals surface area contributed by atoms with Crippen LogP contribution >= 0.6 is 12.6 Å². The van der Waals surface area contributed by atoms with E-state index in [1.54, 1.807) is 6.07 Å². The van der Waals surface area contributed by atoms with Crippen molar-refractivity contribution in [1.82, 2.24) is 4.90 Å². The lowest BCUT2D eigenvalue weighted by Crippen LogP contribution is -2.27. The molecule has 0 bridgehead atoms. The zero-order valence-corrected chi connectivity index (χ0v) is 13.5. The van der Waals surface area contributed by atoms with Crippen molar-refractivity contribution in [3.8, 4) is 0 Å². The number of nitrogens with zero attached hydrogens (tertiary/aromatic N) is 2. The van der Waals surface area contributed by atoms with E-state index in [1.807, 2.05) is 12.1 Å². The minimum atomic E-state index is -0.278. The van der Waals surface area contributed by atoms with Crippen molar-refractivity contribution >= 4 is 23.9 Å². The van der Waals surface area contributed by atoms with Crippen LogP contribution in [0.5, 0.6) is 0 Å². The smallest absolute Gasteiger partial charge is 0.272 e. The summed E-state index contributed by atoms with van der Waals surface area (Å²) >= 11 is 4.29. The molecule has 0 radical (unpaired) electrons. The van der Waals surface area contributed by atoms with E-state index in [1.165, 1.54) is 5.57 Å². The summed E-state index contributed by atoms with van der Waals surface area (Å²) in [5.41, 5.74) is 3.48. The molecule has 1 aliphatic rings. The van der Waals surface area contributed by atoms with E-state index in [0.717, 1.165) is 42.9 Å². The van der Waals surface area contributed by atoms with Crippen molar-refractivity contribution in [1.29, 1.82) is 0 Å². The Balaban J connectivity index is 2.29. The van der Waals surface area contributed by atoms with E-state index in [-0.39, 0.29) is 10.6 Å². The monoisotopic (exact) mass is 306 g/mol. The average molecular weight is 306 g/mol. The number of benzene rings is 1. The van der Waals surface area contributed by atoms with Crippen LogP contribution in [-0.2, 0) is 6.42 Å². The maximum Gasteiger partial charge on any atom is 0.272 e. The first-order chi connectivity index (χ1) is 10.0. The van der Waals surface area contributed by atoms with E-state index in [9.17, 15) is 10.1 Å². The molecule has 1 aliphatic heterocycles. The van der Waals surface area contributed by atoms with Crippen molar-refractivity contribution in [2.45, 2.75) is 26.7 Å². The molecule has 0 spiro atoms. The topological polar surface area (TPSA) is 46.4 Å². The van der Waals surface area contributed by atoms with Gasteiger partial charge in [0.05, 0.1) is 4.92 Å². The van der Waals surface area contributed by atoms with Gasteiger partial charge < -0.3 is 0 Å². The van der Waals surface area contributed by atoms with Gasteiger partial charge in [-0.05, 0) is 42.0 Å². The molecule has 4 nitrogen and oxygen atoms in total. The first kappa shape index (κ1) is 16.0. The highest BCUT2D eigenvalue weighted by molar-refractivity contribution is 7.80. The summed E-state index contributed by atoms with van der Waals surface area (Å²) in [6, 6.07) is 5.53. The third kappa shape index (κ3) is 4.08. The molecule has 0 saturated carbocycles. The number of hydrogen-bond acceptors (Lipinski definition) is 4. The molecule has 0 saturated heterocycles. The summed E-state index contributed by atoms with van der Waals surface area (Å²) in [5.74, 6) is 1.17. The number of nitro benzene ring substituents is 1. The molecule has 21 heavy (non-hydrogen) atoms. The number of thiol groups is 1.